The first-order valence-electron chi connectivity index (χ1n) is 9.75. The van der Waals surface area contributed by atoms with Gasteiger partial charge in [0.25, 0.3) is 5.91 Å². The SMILES string of the molecule is COCc1nnc(C23CCC(NC(=O)COc4ccc(Cl)c(F)c4)(CC2)CC3O)o1. The van der Waals surface area contributed by atoms with E-state index in [0.29, 0.717) is 43.9 Å². The number of methoxy groups -OCH3 is 1. The molecular weight excluding hydrogens is 417 g/mol. The van der Waals surface area contributed by atoms with E-state index in [-0.39, 0.29) is 29.9 Å². The lowest BCUT2D eigenvalue weighted by Crippen LogP contribution is -2.64. The van der Waals surface area contributed by atoms with Crippen LogP contribution in [0.25, 0.3) is 0 Å². The predicted octanol–water partition coefficient (Wildman–Crippen LogP) is 2.52. The molecule has 3 aliphatic rings. The molecule has 0 aliphatic heterocycles. The molecule has 1 unspecified atom stereocenters. The van der Waals surface area contributed by atoms with Gasteiger partial charge < -0.3 is 24.3 Å². The normalized spacial score (nSPS) is 27.8. The van der Waals surface area contributed by atoms with Gasteiger partial charge in [0.05, 0.1) is 16.5 Å². The summed E-state index contributed by atoms with van der Waals surface area (Å²) in [5.41, 5.74) is -1.11. The highest BCUT2D eigenvalue weighted by Crippen LogP contribution is 2.53. The molecular formula is C20H23ClFN3O5. The summed E-state index contributed by atoms with van der Waals surface area (Å²) in [7, 11) is 1.54. The third-order valence-corrected chi connectivity index (χ3v) is 6.45. The van der Waals surface area contributed by atoms with Crippen molar-refractivity contribution in [3.05, 3.63) is 40.8 Å². The van der Waals surface area contributed by atoms with Crippen molar-refractivity contribution >= 4 is 17.5 Å². The summed E-state index contributed by atoms with van der Waals surface area (Å²) in [5.74, 6) is 0.0866. The van der Waals surface area contributed by atoms with Gasteiger partial charge in [-0.2, -0.15) is 0 Å². The smallest absolute Gasteiger partial charge is 0.258 e. The van der Waals surface area contributed by atoms with Crippen molar-refractivity contribution in [2.24, 2.45) is 0 Å². The maximum absolute atomic E-state index is 13.5. The number of nitrogens with zero attached hydrogens (tertiary/aromatic N) is 2. The van der Waals surface area contributed by atoms with E-state index in [4.69, 9.17) is 25.5 Å². The number of carbonyl (C=O) groups excluding carboxylic acids is 1. The standard InChI is InChI=1S/C20H23ClFN3O5/c1-28-11-17-24-25-18(30-17)20-6-4-19(5-7-20,9-15(20)26)23-16(27)10-29-12-2-3-13(21)14(22)8-12/h2-3,8,15,26H,4-7,9-11H2,1H3,(H,23,27). The first-order valence-corrected chi connectivity index (χ1v) is 10.1. The Morgan fingerprint density at radius 2 is 2.13 bits per heavy atom. The molecule has 30 heavy (non-hydrogen) atoms. The van der Waals surface area contributed by atoms with E-state index < -0.39 is 22.9 Å². The number of fused-ring (bicyclic) bond motifs is 3. The second kappa shape index (κ2) is 8.13. The lowest BCUT2D eigenvalue weighted by molar-refractivity contribution is -0.129. The van der Waals surface area contributed by atoms with E-state index in [1.54, 1.807) is 7.11 Å². The molecule has 2 bridgehead atoms. The maximum atomic E-state index is 13.5. The van der Waals surface area contributed by atoms with Gasteiger partial charge in [-0.1, -0.05) is 11.6 Å². The van der Waals surface area contributed by atoms with E-state index in [2.05, 4.69) is 15.5 Å². The topological polar surface area (TPSA) is 107 Å². The Balaban J connectivity index is 1.37. The zero-order valence-corrected chi connectivity index (χ0v) is 17.2. The number of rotatable bonds is 7. The Bertz CT molecular complexity index is 929. The molecule has 1 atom stereocenters. The third kappa shape index (κ3) is 3.89. The Labute approximate surface area is 177 Å². The number of aromatic nitrogens is 2. The number of hydrogen-bond acceptors (Lipinski definition) is 7. The molecule has 2 N–H and O–H groups in total. The quantitative estimate of drug-likeness (QED) is 0.682. The van der Waals surface area contributed by atoms with Crippen LogP contribution in [0.2, 0.25) is 5.02 Å². The van der Waals surface area contributed by atoms with Crippen LogP contribution < -0.4 is 10.1 Å². The number of nitrogens with one attached hydrogen (secondary N) is 1. The van der Waals surface area contributed by atoms with E-state index in [1.807, 2.05) is 0 Å². The van der Waals surface area contributed by atoms with Crippen LogP contribution in [0.4, 0.5) is 4.39 Å². The fraction of sp³-hybridized carbons (Fsp3) is 0.550. The van der Waals surface area contributed by atoms with Gasteiger partial charge in [-0.25, -0.2) is 4.39 Å². The number of aliphatic hydroxyl groups excluding tert-OH is 1. The largest absolute Gasteiger partial charge is 0.484 e. The summed E-state index contributed by atoms with van der Waals surface area (Å²) in [4.78, 5) is 12.5. The molecule has 1 aromatic heterocycles. The Morgan fingerprint density at radius 1 is 1.37 bits per heavy atom. The predicted molar refractivity (Wildman–Crippen MR) is 104 cm³/mol. The highest BCUT2D eigenvalue weighted by Gasteiger charge is 2.58. The van der Waals surface area contributed by atoms with Gasteiger partial charge in [0, 0.05) is 18.7 Å². The number of amides is 1. The maximum Gasteiger partial charge on any atom is 0.258 e. The van der Waals surface area contributed by atoms with Gasteiger partial charge in [0.15, 0.2) is 6.61 Å². The van der Waals surface area contributed by atoms with Crippen molar-refractivity contribution in [1.82, 2.24) is 15.5 Å². The summed E-state index contributed by atoms with van der Waals surface area (Å²) in [6.07, 6.45) is 2.25. The molecule has 1 heterocycles. The van der Waals surface area contributed by atoms with Crippen LogP contribution in [-0.4, -0.2) is 46.6 Å². The monoisotopic (exact) mass is 439 g/mol. The van der Waals surface area contributed by atoms with E-state index in [9.17, 15) is 14.3 Å². The number of aliphatic hydroxyl groups is 1. The second-order valence-electron chi connectivity index (χ2n) is 8.00. The van der Waals surface area contributed by atoms with E-state index in [1.165, 1.54) is 12.1 Å². The molecule has 1 amide bonds. The van der Waals surface area contributed by atoms with E-state index in [0.717, 1.165) is 6.07 Å². The lowest BCUT2D eigenvalue weighted by Gasteiger charge is -2.54. The summed E-state index contributed by atoms with van der Waals surface area (Å²) < 4.78 is 29.6. The van der Waals surface area contributed by atoms with Crippen LogP contribution in [-0.2, 0) is 21.6 Å². The highest BCUT2D eigenvalue weighted by molar-refractivity contribution is 6.30. The van der Waals surface area contributed by atoms with Gasteiger partial charge in [-0.15, -0.1) is 10.2 Å². The van der Waals surface area contributed by atoms with Crippen molar-refractivity contribution < 1.29 is 28.2 Å². The molecule has 10 heteroatoms. The Morgan fingerprint density at radius 3 is 2.80 bits per heavy atom. The second-order valence-corrected chi connectivity index (χ2v) is 8.41. The average molecular weight is 440 g/mol. The molecule has 1 aromatic carbocycles. The minimum absolute atomic E-state index is 0.0110. The number of carbonyl (C=O) groups is 1. The fourth-order valence-electron chi connectivity index (χ4n) is 4.49. The zero-order valence-electron chi connectivity index (χ0n) is 16.5. The lowest BCUT2D eigenvalue weighted by atomic mass is 9.55. The van der Waals surface area contributed by atoms with Crippen molar-refractivity contribution in [3.63, 3.8) is 0 Å². The molecule has 3 saturated carbocycles. The molecule has 8 nitrogen and oxygen atoms in total. The third-order valence-electron chi connectivity index (χ3n) is 6.15. The summed E-state index contributed by atoms with van der Waals surface area (Å²) in [5, 5.41) is 22.0. The molecule has 0 spiro atoms. The average Bonchev–Trinajstić information content (AvgIpc) is 3.19. The summed E-state index contributed by atoms with van der Waals surface area (Å²) >= 11 is 5.65. The number of halogens is 2. The minimum atomic E-state index is -0.720. The van der Waals surface area contributed by atoms with Crippen LogP contribution in [0.15, 0.2) is 22.6 Å². The summed E-state index contributed by atoms with van der Waals surface area (Å²) in [6.45, 7) is -0.0369. The van der Waals surface area contributed by atoms with Crippen molar-refractivity contribution in [1.29, 1.82) is 0 Å². The number of ether oxygens (including phenoxy) is 2. The first kappa shape index (κ1) is 21.0. The fourth-order valence-corrected chi connectivity index (χ4v) is 4.61. The summed E-state index contributed by atoms with van der Waals surface area (Å²) in [6, 6.07) is 4.00. The van der Waals surface area contributed by atoms with Crippen molar-refractivity contribution in [2.45, 2.75) is 55.8 Å². The van der Waals surface area contributed by atoms with Gasteiger partial charge in [0.2, 0.25) is 11.8 Å². The molecule has 0 saturated heterocycles. The highest BCUT2D eigenvalue weighted by atomic mass is 35.5. The molecule has 162 valence electrons. The zero-order chi connectivity index (χ0) is 21.4. The number of hydrogen-bond donors (Lipinski definition) is 2. The van der Waals surface area contributed by atoms with Gasteiger partial charge in [-0.3, -0.25) is 4.79 Å². The van der Waals surface area contributed by atoms with Gasteiger partial charge in [-0.05, 0) is 44.2 Å². The van der Waals surface area contributed by atoms with Crippen molar-refractivity contribution in [2.75, 3.05) is 13.7 Å². The molecule has 0 radical (unpaired) electrons. The molecule has 3 fully saturated rings. The Kier molecular flexibility index (Phi) is 5.69. The van der Waals surface area contributed by atoms with Crippen LogP contribution >= 0.6 is 11.6 Å². The number of benzene rings is 1. The van der Waals surface area contributed by atoms with Crippen LogP contribution in [0.5, 0.6) is 5.75 Å². The van der Waals surface area contributed by atoms with Crippen LogP contribution in [0.3, 0.4) is 0 Å². The van der Waals surface area contributed by atoms with E-state index >= 15 is 0 Å². The molecule has 5 rings (SSSR count). The van der Waals surface area contributed by atoms with Gasteiger partial charge >= 0.3 is 0 Å². The first-order chi connectivity index (χ1) is 14.4. The molecule has 2 aromatic rings. The van der Waals surface area contributed by atoms with Crippen LogP contribution in [0.1, 0.15) is 43.9 Å². The van der Waals surface area contributed by atoms with Crippen molar-refractivity contribution in [3.8, 4) is 5.75 Å². The minimum Gasteiger partial charge on any atom is -0.484 e. The molecule has 3 aliphatic carbocycles. The van der Waals surface area contributed by atoms with Crippen LogP contribution in [0, 0.1) is 5.82 Å². The van der Waals surface area contributed by atoms with Gasteiger partial charge in [0.1, 0.15) is 18.2 Å². The Hall–Kier alpha value is -2.23.